The molecule has 7 heteroatoms. The minimum Gasteiger partial charge on any atom is -0.454 e. The molecular weight excluding hydrogens is 350 g/mol. The lowest BCUT2D eigenvalue weighted by molar-refractivity contribution is 0.0378. The van der Waals surface area contributed by atoms with Crippen molar-refractivity contribution in [2.45, 2.75) is 32.3 Å². The molecule has 1 fully saturated rings. The van der Waals surface area contributed by atoms with Gasteiger partial charge in [0.05, 0.1) is 11.7 Å². The number of benzene rings is 1. The molecule has 2 aliphatic heterocycles. The number of likely N-dealkylation sites (tertiary alicyclic amines) is 1. The quantitative estimate of drug-likeness (QED) is 0.868. The summed E-state index contributed by atoms with van der Waals surface area (Å²) in [6.07, 6.45) is -0.0686. The van der Waals surface area contributed by atoms with Crippen molar-refractivity contribution in [3.05, 3.63) is 57.1 Å². The summed E-state index contributed by atoms with van der Waals surface area (Å²) in [4.78, 5) is 26.0. The van der Waals surface area contributed by atoms with Gasteiger partial charge in [-0.1, -0.05) is 6.07 Å². The van der Waals surface area contributed by atoms with Crippen LogP contribution < -0.4 is 15.1 Å². The smallest absolute Gasteiger partial charge is 0.336 e. The van der Waals surface area contributed by atoms with Gasteiger partial charge in [0.15, 0.2) is 11.5 Å². The second-order valence-corrected chi connectivity index (χ2v) is 7.01. The Morgan fingerprint density at radius 3 is 2.70 bits per heavy atom. The van der Waals surface area contributed by atoms with Gasteiger partial charge in [-0.25, -0.2) is 4.79 Å². The van der Waals surface area contributed by atoms with Crippen LogP contribution >= 0.6 is 0 Å². The zero-order chi connectivity index (χ0) is 19.1. The molecular formula is C20H21NO6. The van der Waals surface area contributed by atoms with Gasteiger partial charge in [-0.15, -0.1) is 0 Å². The number of carbonyl (C=O) groups excluding carboxylic acids is 1. The van der Waals surface area contributed by atoms with E-state index in [4.69, 9.17) is 13.9 Å². The standard InChI is InChI=1S/C20H21NO6/c1-11-7-18(23)27-12(2)19(11)20(24)21-6-5-14(15(22)9-21)13-3-4-16-17(8-13)26-10-25-16/h3-4,7-8,14-15,22H,5-6,9-10H2,1-2H3/t14-,15+/m1/s1. The minimum atomic E-state index is -0.695. The van der Waals surface area contributed by atoms with Crippen LogP contribution in [0.5, 0.6) is 11.5 Å². The summed E-state index contributed by atoms with van der Waals surface area (Å²) in [5, 5.41) is 10.7. The fraction of sp³-hybridized carbons (Fsp3) is 0.400. The fourth-order valence-electron chi connectivity index (χ4n) is 3.88. The van der Waals surface area contributed by atoms with E-state index in [-0.39, 0.29) is 25.2 Å². The molecule has 0 aliphatic carbocycles. The normalized spacial score (nSPS) is 21.4. The summed E-state index contributed by atoms with van der Waals surface area (Å²) in [6.45, 7) is 4.26. The SMILES string of the molecule is Cc1cc(=O)oc(C)c1C(=O)N1CC[C@H](c2ccc3c(c2)OCO3)[C@@H](O)C1. The van der Waals surface area contributed by atoms with E-state index >= 15 is 0 Å². The lowest BCUT2D eigenvalue weighted by Gasteiger charge is -2.36. The number of amides is 1. The van der Waals surface area contributed by atoms with E-state index in [0.29, 0.717) is 41.4 Å². The van der Waals surface area contributed by atoms with E-state index in [1.807, 2.05) is 18.2 Å². The first-order chi connectivity index (χ1) is 12.9. The maximum atomic E-state index is 12.9. The Labute approximate surface area is 156 Å². The zero-order valence-corrected chi connectivity index (χ0v) is 15.2. The zero-order valence-electron chi connectivity index (χ0n) is 15.2. The molecule has 4 rings (SSSR count). The highest BCUT2D eigenvalue weighted by molar-refractivity contribution is 5.96. The molecule has 1 amide bonds. The van der Waals surface area contributed by atoms with Crippen LogP contribution in [0.15, 0.2) is 33.5 Å². The second-order valence-electron chi connectivity index (χ2n) is 7.01. The molecule has 2 aromatic rings. The third-order valence-electron chi connectivity index (χ3n) is 5.24. The molecule has 1 N–H and O–H groups in total. The largest absolute Gasteiger partial charge is 0.454 e. The molecule has 1 aromatic carbocycles. The summed E-state index contributed by atoms with van der Waals surface area (Å²) in [6, 6.07) is 6.99. The van der Waals surface area contributed by atoms with Crippen molar-refractivity contribution in [1.29, 1.82) is 0 Å². The van der Waals surface area contributed by atoms with Crippen molar-refractivity contribution < 1.29 is 23.8 Å². The topological polar surface area (TPSA) is 89.2 Å². The third kappa shape index (κ3) is 3.19. The molecule has 0 radical (unpaired) electrons. The van der Waals surface area contributed by atoms with E-state index in [9.17, 15) is 14.7 Å². The molecule has 2 atom stereocenters. The van der Waals surface area contributed by atoms with Gasteiger partial charge in [0, 0.05) is 25.1 Å². The fourth-order valence-corrected chi connectivity index (χ4v) is 3.88. The van der Waals surface area contributed by atoms with E-state index in [0.717, 1.165) is 5.56 Å². The van der Waals surface area contributed by atoms with Crippen molar-refractivity contribution in [2.24, 2.45) is 0 Å². The summed E-state index contributed by atoms with van der Waals surface area (Å²) in [5.41, 5.74) is 1.48. The third-order valence-corrected chi connectivity index (χ3v) is 5.24. The molecule has 0 spiro atoms. The summed E-state index contributed by atoms with van der Waals surface area (Å²) >= 11 is 0. The van der Waals surface area contributed by atoms with Crippen molar-refractivity contribution in [3.8, 4) is 11.5 Å². The van der Waals surface area contributed by atoms with Gasteiger partial charge in [-0.05, 0) is 43.5 Å². The highest BCUT2D eigenvalue weighted by Crippen LogP contribution is 2.37. The Morgan fingerprint density at radius 2 is 1.96 bits per heavy atom. The Kier molecular flexibility index (Phi) is 4.39. The monoisotopic (exact) mass is 371 g/mol. The van der Waals surface area contributed by atoms with Gasteiger partial charge in [-0.3, -0.25) is 4.79 Å². The van der Waals surface area contributed by atoms with Crippen LogP contribution in [-0.4, -0.2) is 41.9 Å². The van der Waals surface area contributed by atoms with Gasteiger partial charge in [-0.2, -0.15) is 0 Å². The van der Waals surface area contributed by atoms with Crippen LogP contribution in [0.3, 0.4) is 0 Å². The summed E-state index contributed by atoms with van der Waals surface area (Å²) in [7, 11) is 0. The number of β-amino-alcohol motifs (C(OH)–C–C–N with tert-alkyl or cyclic N) is 1. The van der Waals surface area contributed by atoms with Gasteiger partial charge >= 0.3 is 5.63 Å². The lowest BCUT2D eigenvalue weighted by Crippen LogP contribution is -2.46. The van der Waals surface area contributed by atoms with E-state index in [1.54, 1.807) is 18.7 Å². The summed E-state index contributed by atoms with van der Waals surface area (Å²) in [5.74, 6) is 1.38. The first-order valence-electron chi connectivity index (χ1n) is 8.92. The predicted octanol–water partition coefficient (Wildman–Crippen LogP) is 1.98. The van der Waals surface area contributed by atoms with Crippen molar-refractivity contribution in [2.75, 3.05) is 19.9 Å². The van der Waals surface area contributed by atoms with Gasteiger partial charge in [0.25, 0.3) is 5.91 Å². The van der Waals surface area contributed by atoms with Gasteiger partial charge in [0.2, 0.25) is 6.79 Å². The second kappa shape index (κ2) is 6.74. The molecule has 142 valence electrons. The average molecular weight is 371 g/mol. The Morgan fingerprint density at radius 1 is 1.19 bits per heavy atom. The van der Waals surface area contributed by atoms with Crippen LogP contribution in [0.25, 0.3) is 0 Å². The first kappa shape index (κ1) is 17.6. The number of hydrogen-bond donors (Lipinski definition) is 1. The van der Waals surface area contributed by atoms with Crippen molar-refractivity contribution >= 4 is 5.91 Å². The number of fused-ring (bicyclic) bond motifs is 1. The van der Waals surface area contributed by atoms with Crippen LogP contribution in [0.2, 0.25) is 0 Å². The molecule has 2 aliphatic rings. The Bertz CT molecular complexity index is 924. The molecule has 0 saturated carbocycles. The Balaban J connectivity index is 1.52. The lowest BCUT2D eigenvalue weighted by atomic mass is 9.86. The summed E-state index contributed by atoms with van der Waals surface area (Å²) < 4.78 is 15.8. The first-order valence-corrected chi connectivity index (χ1v) is 8.92. The highest BCUT2D eigenvalue weighted by atomic mass is 16.7. The molecule has 3 heterocycles. The number of carbonyl (C=O) groups is 1. The van der Waals surface area contributed by atoms with Crippen molar-refractivity contribution in [1.82, 2.24) is 4.90 Å². The number of piperidine rings is 1. The number of aliphatic hydroxyl groups excluding tert-OH is 1. The molecule has 0 bridgehead atoms. The predicted molar refractivity (Wildman–Crippen MR) is 96.3 cm³/mol. The van der Waals surface area contributed by atoms with E-state index in [2.05, 4.69) is 0 Å². The van der Waals surface area contributed by atoms with Crippen LogP contribution in [-0.2, 0) is 0 Å². The van der Waals surface area contributed by atoms with Gasteiger partial charge < -0.3 is 23.9 Å². The number of hydrogen-bond acceptors (Lipinski definition) is 6. The number of ether oxygens (including phenoxy) is 2. The molecule has 27 heavy (non-hydrogen) atoms. The molecule has 1 aromatic heterocycles. The number of rotatable bonds is 2. The van der Waals surface area contributed by atoms with E-state index in [1.165, 1.54) is 6.07 Å². The maximum Gasteiger partial charge on any atom is 0.336 e. The van der Waals surface area contributed by atoms with Crippen LogP contribution in [0, 0.1) is 13.8 Å². The maximum absolute atomic E-state index is 12.9. The highest BCUT2D eigenvalue weighted by Gasteiger charge is 2.33. The number of aryl methyl sites for hydroxylation is 2. The molecule has 7 nitrogen and oxygen atoms in total. The van der Waals surface area contributed by atoms with Crippen molar-refractivity contribution in [3.63, 3.8) is 0 Å². The molecule has 0 unspecified atom stereocenters. The minimum absolute atomic E-state index is 0.0838. The number of aliphatic hydroxyl groups is 1. The van der Waals surface area contributed by atoms with Crippen LogP contribution in [0.4, 0.5) is 0 Å². The Hall–Kier alpha value is -2.80. The van der Waals surface area contributed by atoms with Gasteiger partial charge in [0.1, 0.15) is 5.76 Å². The van der Waals surface area contributed by atoms with E-state index < -0.39 is 11.7 Å². The molecule has 1 saturated heterocycles. The average Bonchev–Trinajstić information content (AvgIpc) is 3.08. The van der Waals surface area contributed by atoms with Crippen LogP contribution in [0.1, 0.15) is 39.6 Å². The number of nitrogens with zero attached hydrogens (tertiary/aromatic N) is 1.